The maximum atomic E-state index is 12.2. The minimum absolute atomic E-state index is 0.0000392. The summed E-state index contributed by atoms with van der Waals surface area (Å²) in [6.45, 7) is 2.94. The smallest absolute Gasteiger partial charge is 0.227 e. The van der Waals surface area contributed by atoms with Crippen LogP contribution >= 0.6 is 11.6 Å². The van der Waals surface area contributed by atoms with E-state index in [1.165, 1.54) is 0 Å². The summed E-state index contributed by atoms with van der Waals surface area (Å²) in [6, 6.07) is 7.25. The van der Waals surface area contributed by atoms with Crippen LogP contribution in [0.2, 0.25) is 5.02 Å². The zero-order valence-electron chi connectivity index (χ0n) is 10.7. The number of benzene rings is 1. The van der Waals surface area contributed by atoms with Crippen molar-refractivity contribution in [2.75, 3.05) is 11.9 Å². The van der Waals surface area contributed by atoms with Crippen molar-refractivity contribution in [2.24, 2.45) is 5.92 Å². The highest BCUT2D eigenvalue weighted by Gasteiger charge is 2.25. The van der Waals surface area contributed by atoms with Gasteiger partial charge in [-0.05, 0) is 44.5 Å². The number of halogens is 1. The van der Waals surface area contributed by atoms with Gasteiger partial charge in [0.1, 0.15) is 0 Å². The second-order valence-electron chi connectivity index (χ2n) is 4.87. The summed E-state index contributed by atoms with van der Waals surface area (Å²) in [5, 5.41) is 15.3. The Morgan fingerprint density at radius 3 is 3.00 bits per heavy atom. The predicted molar refractivity (Wildman–Crippen MR) is 75.0 cm³/mol. The van der Waals surface area contributed by atoms with E-state index < -0.39 is 0 Å². The van der Waals surface area contributed by atoms with Gasteiger partial charge in [-0.15, -0.1) is 0 Å². The maximum absolute atomic E-state index is 12.2. The van der Waals surface area contributed by atoms with Crippen LogP contribution in [-0.2, 0) is 4.79 Å². The van der Waals surface area contributed by atoms with Crippen molar-refractivity contribution in [3.8, 4) is 6.07 Å². The van der Waals surface area contributed by atoms with Gasteiger partial charge in [-0.25, -0.2) is 0 Å². The van der Waals surface area contributed by atoms with Crippen LogP contribution in [-0.4, -0.2) is 18.5 Å². The van der Waals surface area contributed by atoms with Crippen molar-refractivity contribution in [3.63, 3.8) is 0 Å². The molecule has 0 aromatic heterocycles. The van der Waals surface area contributed by atoms with Gasteiger partial charge in [-0.1, -0.05) is 11.6 Å². The predicted octanol–water partition coefficient (Wildman–Crippen LogP) is 2.54. The van der Waals surface area contributed by atoms with E-state index in [4.69, 9.17) is 16.9 Å². The van der Waals surface area contributed by atoms with Crippen molar-refractivity contribution >= 4 is 23.2 Å². The first-order valence-corrected chi connectivity index (χ1v) is 6.72. The standard InChI is InChI=1S/C14H16ClN3O/c1-9-6-11(4-5-17-9)14(19)18-13-3-2-10(8-16)7-12(13)15/h2-3,7,9,11,17H,4-6H2,1H3,(H,18,19). The molecule has 0 saturated carbocycles. The van der Waals surface area contributed by atoms with Crippen LogP contribution in [0.4, 0.5) is 5.69 Å². The molecule has 0 radical (unpaired) electrons. The molecule has 1 aliphatic rings. The Bertz CT molecular complexity index is 524. The van der Waals surface area contributed by atoms with E-state index in [0.29, 0.717) is 22.3 Å². The average molecular weight is 278 g/mol. The van der Waals surface area contributed by atoms with Gasteiger partial charge < -0.3 is 10.6 Å². The zero-order valence-corrected chi connectivity index (χ0v) is 11.5. The molecule has 0 bridgehead atoms. The third-order valence-electron chi connectivity index (χ3n) is 3.35. The van der Waals surface area contributed by atoms with Gasteiger partial charge in [0.05, 0.1) is 22.3 Å². The number of carbonyl (C=O) groups excluding carboxylic acids is 1. The highest BCUT2D eigenvalue weighted by Crippen LogP contribution is 2.25. The van der Waals surface area contributed by atoms with Crippen LogP contribution in [0.25, 0.3) is 0 Å². The van der Waals surface area contributed by atoms with Gasteiger partial charge in [0.15, 0.2) is 0 Å². The summed E-state index contributed by atoms with van der Waals surface area (Å²) in [4.78, 5) is 12.2. The van der Waals surface area contributed by atoms with E-state index in [1.807, 2.05) is 6.07 Å². The highest BCUT2D eigenvalue weighted by atomic mass is 35.5. The first kappa shape index (κ1) is 13.9. The van der Waals surface area contributed by atoms with Crippen LogP contribution in [0.5, 0.6) is 0 Å². The number of nitrogens with zero attached hydrogens (tertiary/aromatic N) is 1. The van der Waals surface area contributed by atoms with E-state index in [0.717, 1.165) is 19.4 Å². The zero-order chi connectivity index (χ0) is 13.8. The summed E-state index contributed by atoms with van der Waals surface area (Å²) in [5.74, 6) is 0.0166. The number of rotatable bonds is 2. The van der Waals surface area contributed by atoms with Crippen molar-refractivity contribution < 1.29 is 4.79 Å². The molecule has 2 atom stereocenters. The van der Waals surface area contributed by atoms with Crippen molar-refractivity contribution in [3.05, 3.63) is 28.8 Å². The van der Waals surface area contributed by atoms with E-state index in [2.05, 4.69) is 17.6 Å². The Kier molecular flexibility index (Phi) is 4.41. The third kappa shape index (κ3) is 3.46. The Labute approximate surface area is 117 Å². The lowest BCUT2D eigenvalue weighted by molar-refractivity contribution is -0.120. The molecule has 1 aromatic rings. The van der Waals surface area contributed by atoms with Gasteiger partial charge in [0, 0.05) is 12.0 Å². The van der Waals surface area contributed by atoms with Crippen LogP contribution in [0, 0.1) is 17.2 Å². The monoisotopic (exact) mass is 277 g/mol. The SMILES string of the molecule is CC1CC(C(=O)Nc2ccc(C#N)cc2Cl)CCN1. The van der Waals surface area contributed by atoms with Gasteiger partial charge in [-0.2, -0.15) is 5.26 Å². The second kappa shape index (κ2) is 6.05. The molecular weight excluding hydrogens is 262 g/mol. The molecular formula is C14H16ClN3O. The fraction of sp³-hybridized carbons (Fsp3) is 0.429. The van der Waals surface area contributed by atoms with E-state index in [-0.39, 0.29) is 11.8 Å². The molecule has 1 aliphatic heterocycles. The molecule has 5 heteroatoms. The van der Waals surface area contributed by atoms with Crippen LogP contribution in [0.3, 0.4) is 0 Å². The lowest BCUT2D eigenvalue weighted by atomic mass is 9.92. The molecule has 2 N–H and O–H groups in total. The number of amides is 1. The Hall–Kier alpha value is -1.57. The van der Waals surface area contributed by atoms with Gasteiger partial charge in [-0.3, -0.25) is 4.79 Å². The molecule has 100 valence electrons. The molecule has 19 heavy (non-hydrogen) atoms. The van der Waals surface area contributed by atoms with Crippen molar-refractivity contribution in [1.29, 1.82) is 5.26 Å². The number of anilines is 1. The summed E-state index contributed by atoms with van der Waals surface area (Å²) in [7, 11) is 0. The topological polar surface area (TPSA) is 64.9 Å². The van der Waals surface area contributed by atoms with Gasteiger partial charge in [0.25, 0.3) is 0 Å². The number of piperidine rings is 1. The van der Waals surface area contributed by atoms with E-state index in [1.54, 1.807) is 18.2 Å². The summed E-state index contributed by atoms with van der Waals surface area (Å²) >= 11 is 6.04. The lowest BCUT2D eigenvalue weighted by Crippen LogP contribution is -2.40. The quantitative estimate of drug-likeness (QED) is 0.873. The van der Waals surface area contributed by atoms with E-state index in [9.17, 15) is 4.79 Å². The largest absolute Gasteiger partial charge is 0.325 e. The molecule has 0 aliphatic carbocycles. The molecule has 2 unspecified atom stereocenters. The highest BCUT2D eigenvalue weighted by molar-refractivity contribution is 6.33. The summed E-state index contributed by atoms with van der Waals surface area (Å²) < 4.78 is 0. The first-order chi connectivity index (χ1) is 9.10. The number of nitrogens with one attached hydrogen (secondary N) is 2. The molecule has 1 fully saturated rings. The minimum atomic E-state index is -0.0000392. The Balaban J connectivity index is 2.04. The minimum Gasteiger partial charge on any atom is -0.325 e. The van der Waals surface area contributed by atoms with Crippen LogP contribution in [0.15, 0.2) is 18.2 Å². The van der Waals surface area contributed by atoms with Gasteiger partial charge >= 0.3 is 0 Å². The van der Waals surface area contributed by atoms with Crippen LogP contribution in [0.1, 0.15) is 25.3 Å². The molecule has 1 amide bonds. The maximum Gasteiger partial charge on any atom is 0.227 e. The Morgan fingerprint density at radius 1 is 1.58 bits per heavy atom. The third-order valence-corrected chi connectivity index (χ3v) is 3.66. The normalized spacial score (nSPS) is 22.6. The number of carbonyl (C=O) groups is 1. The summed E-state index contributed by atoms with van der Waals surface area (Å²) in [5.41, 5.74) is 1.05. The number of hydrogen-bond donors (Lipinski definition) is 2. The summed E-state index contributed by atoms with van der Waals surface area (Å²) in [6.07, 6.45) is 1.67. The van der Waals surface area contributed by atoms with Crippen molar-refractivity contribution in [2.45, 2.75) is 25.8 Å². The first-order valence-electron chi connectivity index (χ1n) is 6.34. The molecule has 0 spiro atoms. The fourth-order valence-electron chi connectivity index (χ4n) is 2.29. The van der Waals surface area contributed by atoms with Gasteiger partial charge in [0.2, 0.25) is 5.91 Å². The van der Waals surface area contributed by atoms with Crippen molar-refractivity contribution in [1.82, 2.24) is 5.32 Å². The second-order valence-corrected chi connectivity index (χ2v) is 5.28. The average Bonchev–Trinajstić information content (AvgIpc) is 2.41. The van der Waals surface area contributed by atoms with Crippen LogP contribution < -0.4 is 10.6 Å². The number of hydrogen-bond acceptors (Lipinski definition) is 3. The fourth-order valence-corrected chi connectivity index (χ4v) is 2.52. The lowest BCUT2D eigenvalue weighted by Gasteiger charge is -2.27. The Morgan fingerprint density at radius 2 is 2.37 bits per heavy atom. The number of nitriles is 1. The molecule has 1 saturated heterocycles. The molecule has 1 aromatic carbocycles. The molecule has 1 heterocycles. The van der Waals surface area contributed by atoms with E-state index >= 15 is 0 Å². The molecule has 4 nitrogen and oxygen atoms in total. The molecule has 2 rings (SSSR count).